The summed E-state index contributed by atoms with van der Waals surface area (Å²) in [5.41, 5.74) is 5.90. The van der Waals surface area contributed by atoms with Crippen LogP contribution in [0.3, 0.4) is 0 Å². The lowest BCUT2D eigenvalue weighted by molar-refractivity contribution is -0.114. The first-order chi connectivity index (χ1) is 21.0. The largest absolute Gasteiger partial charge is 0.444 e. The van der Waals surface area contributed by atoms with E-state index >= 15 is 0 Å². The number of carbonyl (C=O) groups is 2. The van der Waals surface area contributed by atoms with Crippen LogP contribution < -0.4 is 10.2 Å². The molecule has 1 saturated heterocycles. The van der Waals surface area contributed by atoms with Crippen molar-refractivity contribution in [1.29, 1.82) is 0 Å². The second-order valence-corrected chi connectivity index (χ2v) is 12.6. The zero-order valence-corrected chi connectivity index (χ0v) is 26.0. The molecule has 1 aliphatic heterocycles. The summed E-state index contributed by atoms with van der Waals surface area (Å²) in [6.07, 6.45) is 5.43. The lowest BCUT2D eigenvalue weighted by Crippen LogP contribution is -2.58. The Hall–Kier alpha value is -4.92. The van der Waals surface area contributed by atoms with Gasteiger partial charge in [0.05, 0.1) is 6.20 Å². The van der Waals surface area contributed by atoms with Crippen LogP contribution in [-0.2, 0) is 9.53 Å². The second kappa shape index (κ2) is 11.3. The number of nitrogens with zero attached hydrogens (tertiary/aromatic N) is 5. The topological polar surface area (TPSA) is 92.1 Å². The first-order valence-corrected chi connectivity index (χ1v) is 15.0. The van der Waals surface area contributed by atoms with Gasteiger partial charge in [0.15, 0.2) is 5.65 Å². The summed E-state index contributed by atoms with van der Waals surface area (Å²) in [5.74, 6) is -0.119. The second-order valence-electron chi connectivity index (χ2n) is 12.6. The van der Waals surface area contributed by atoms with Crippen molar-refractivity contribution in [3.8, 4) is 22.3 Å². The Labute approximate surface area is 257 Å². The van der Waals surface area contributed by atoms with E-state index in [0.29, 0.717) is 13.1 Å². The minimum atomic E-state index is -0.515. The minimum Gasteiger partial charge on any atom is -0.444 e. The van der Waals surface area contributed by atoms with Gasteiger partial charge in [-0.25, -0.2) is 14.3 Å². The molecule has 6 rings (SSSR count). The highest BCUT2D eigenvalue weighted by molar-refractivity contribution is 6.03. The maximum Gasteiger partial charge on any atom is 0.410 e. The number of piperazine rings is 1. The van der Waals surface area contributed by atoms with Gasteiger partial charge in [-0.2, -0.15) is 5.10 Å². The van der Waals surface area contributed by atoms with Crippen LogP contribution in [0.1, 0.15) is 41.5 Å². The summed E-state index contributed by atoms with van der Waals surface area (Å²) in [6.45, 7) is 12.7. The summed E-state index contributed by atoms with van der Waals surface area (Å²) < 4.78 is 7.42. The van der Waals surface area contributed by atoms with Crippen molar-refractivity contribution >= 4 is 39.8 Å². The molecule has 44 heavy (non-hydrogen) atoms. The lowest BCUT2D eigenvalue weighted by Gasteiger charge is -2.45. The number of hydrogen-bond donors (Lipinski definition) is 1. The highest BCUT2D eigenvalue weighted by atomic mass is 16.6. The summed E-state index contributed by atoms with van der Waals surface area (Å²) in [6, 6.07) is 20.8. The van der Waals surface area contributed by atoms with Gasteiger partial charge in [-0.05, 0) is 80.8 Å². The molecule has 1 fully saturated rings. The standard InChI is InChI=1S/C35H38N6O3/c1-22-19-39(34(43)44-35(4,5)6)20-23(2)41(22)29-13-11-25(12-14-29)27-17-36-33-32(18-37-40(33)21-27)31-16-28(38-24(3)42)15-26-9-7-8-10-30(26)31/h7-18,21-23H,19-20H2,1-6H3,(H,38,42). The summed E-state index contributed by atoms with van der Waals surface area (Å²) >= 11 is 0. The van der Waals surface area contributed by atoms with Crippen LogP contribution in [0.25, 0.3) is 38.7 Å². The van der Waals surface area contributed by atoms with E-state index in [1.54, 1.807) is 4.52 Å². The molecular weight excluding hydrogens is 552 g/mol. The Balaban J connectivity index is 1.25. The molecule has 2 amide bonds. The van der Waals surface area contributed by atoms with E-state index in [4.69, 9.17) is 9.72 Å². The first-order valence-electron chi connectivity index (χ1n) is 15.0. The Morgan fingerprint density at radius 3 is 2.30 bits per heavy atom. The van der Waals surface area contributed by atoms with Crippen LogP contribution >= 0.6 is 0 Å². The van der Waals surface area contributed by atoms with E-state index in [1.165, 1.54) is 6.92 Å². The van der Waals surface area contributed by atoms with Crippen LogP contribution in [0.2, 0.25) is 0 Å². The van der Waals surface area contributed by atoms with E-state index in [9.17, 15) is 9.59 Å². The molecule has 2 aromatic heterocycles. The molecule has 5 aromatic rings. The number of hydrogen-bond acceptors (Lipinski definition) is 6. The molecule has 226 valence electrons. The molecule has 0 aliphatic carbocycles. The maximum absolute atomic E-state index is 12.7. The van der Waals surface area contributed by atoms with Crippen molar-refractivity contribution in [2.45, 2.75) is 59.2 Å². The third-order valence-corrected chi connectivity index (χ3v) is 7.90. The summed E-state index contributed by atoms with van der Waals surface area (Å²) in [5, 5.41) is 9.65. The van der Waals surface area contributed by atoms with Gasteiger partial charge in [0, 0.05) is 67.0 Å². The number of anilines is 2. The van der Waals surface area contributed by atoms with Crippen LogP contribution in [-0.4, -0.2) is 62.3 Å². The van der Waals surface area contributed by atoms with Crippen molar-refractivity contribution in [1.82, 2.24) is 19.5 Å². The van der Waals surface area contributed by atoms with E-state index in [2.05, 4.69) is 59.5 Å². The van der Waals surface area contributed by atoms with E-state index in [0.717, 1.165) is 50.0 Å². The highest BCUT2D eigenvalue weighted by Crippen LogP contribution is 2.35. The zero-order chi connectivity index (χ0) is 31.2. The molecule has 2 unspecified atom stereocenters. The molecule has 0 bridgehead atoms. The van der Waals surface area contributed by atoms with Crippen LogP contribution in [0, 0.1) is 0 Å². The molecule has 9 heteroatoms. The van der Waals surface area contributed by atoms with Crippen molar-refractivity contribution in [2.24, 2.45) is 0 Å². The molecule has 1 aliphatic rings. The fourth-order valence-electron chi connectivity index (χ4n) is 6.16. The number of aromatic nitrogens is 3. The molecule has 0 spiro atoms. The molecule has 2 atom stereocenters. The predicted octanol–water partition coefficient (Wildman–Crippen LogP) is 7.01. The van der Waals surface area contributed by atoms with Gasteiger partial charge in [-0.3, -0.25) is 4.79 Å². The smallest absolute Gasteiger partial charge is 0.410 e. The Morgan fingerprint density at radius 1 is 0.909 bits per heavy atom. The van der Waals surface area contributed by atoms with E-state index in [1.807, 2.05) is 74.6 Å². The number of benzene rings is 3. The van der Waals surface area contributed by atoms with Crippen LogP contribution in [0.4, 0.5) is 16.2 Å². The minimum absolute atomic E-state index is 0.119. The quantitative estimate of drug-likeness (QED) is 0.242. The normalized spacial score (nSPS) is 17.2. The molecule has 1 N–H and O–H groups in total. The monoisotopic (exact) mass is 590 g/mol. The number of carbonyl (C=O) groups excluding carboxylic acids is 2. The molecule has 3 aromatic carbocycles. The Bertz CT molecular complexity index is 1840. The number of fused-ring (bicyclic) bond motifs is 2. The molecule has 9 nitrogen and oxygen atoms in total. The van der Waals surface area contributed by atoms with E-state index < -0.39 is 5.60 Å². The van der Waals surface area contributed by atoms with Gasteiger partial charge < -0.3 is 19.9 Å². The molecular formula is C35H38N6O3. The lowest BCUT2D eigenvalue weighted by atomic mass is 9.99. The van der Waals surface area contributed by atoms with Gasteiger partial charge >= 0.3 is 6.09 Å². The zero-order valence-electron chi connectivity index (χ0n) is 26.0. The SMILES string of the molecule is CC(=O)Nc1cc(-c2cnn3cc(-c4ccc(N5C(C)CN(C(=O)OC(C)(C)C)CC5C)cc4)cnc23)c2ccccc2c1. The van der Waals surface area contributed by atoms with Gasteiger partial charge in [0.25, 0.3) is 0 Å². The Kier molecular flexibility index (Phi) is 7.49. The maximum atomic E-state index is 12.7. The van der Waals surface area contributed by atoms with Gasteiger partial charge in [0.1, 0.15) is 5.60 Å². The predicted molar refractivity (Wildman–Crippen MR) is 175 cm³/mol. The average molecular weight is 591 g/mol. The fraction of sp³-hybridized carbons (Fsp3) is 0.314. The third-order valence-electron chi connectivity index (χ3n) is 7.90. The van der Waals surface area contributed by atoms with Gasteiger partial charge in [0.2, 0.25) is 5.91 Å². The Morgan fingerprint density at radius 2 is 1.61 bits per heavy atom. The number of ether oxygens (including phenoxy) is 1. The fourth-order valence-corrected chi connectivity index (χ4v) is 6.16. The number of amides is 2. The first kappa shape index (κ1) is 29.2. The van der Waals surface area contributed by atoms with Crippen molar-refractivity contribution in [2.75, 3.05) is 23.3 Å². The molecule has 3 heterocycles. The summed E-state index contributed by atoms with van der Waals surface area (Å²) in [7, 11) is 0. The molecule has 0 saturated carbocycles. The average Bonchev–Trinajstić information content (AvgIpc) is 3.39. The van der Waals surface area contributed by atoms with Gasteiger partial charge in [-0.15, -0.1) is 0 Å². The third kappa shape index (κ3) is 5.82. The van der Waals surface area contributed by atoms with E-state index in [-0.39, 0.29) is 24.1 Å². The van der Waals surface area contributed by atoms with Crippen molar-refractivity contribution in [3.63, 3.8) is 0 Å². The van der Waals surface area contributed by atoms with Crippen molar-refractivity contribution in [3.05, 3.63) is 79.3 Å². The highest BCUT2D eigenvalue weighted by Gasteiger charge is 2.34. The molecule has 0 radical (unpaired) electrons. The van der Waals surface area contributed by atoms with Crippen LogP contribution in [0.5, 0.6) is 0 Å². The number of nitrogens with one attached hydrogen (secondary N) is 1. The van der Waals surface area contributed by atoms with Crippen molar-refractivity contribution < 1.29 is 14.3 Å². The van der Waals surface area contributed by atoms with Gasteiger partial charge in [-0.1, -0.05) is 36.4 Å². The van der Waals surface area contributed by atoms with Crippen LogP contribution in [0.15, 0.2) is 79.3 Å². The summed E-state index contributed by atoms with van der Waals surface area (Å²) in [4.78, 5) is 33.5. The number of rotatable bonds is 4.